The smallest absolute Gasteiger partial charge is 0.175 e. The molecule has 0 spiro atoms. The first-order valence-electron chi connectivity index (χ1n) is 12.7. The van der Waals surface area contributed by atoms with Gasteiger partial charge >= 0.3 is 0 Å². The Hall–Kier alpha value is -4.60. The van der Waals surface area contributed by atoms with Crippen LogP contribution in [0.5, 0.6) is 23.0 Å². The van der Waals surface area contributed by atoms with E-state index in [1.165, 1.54) is 26.4 Å². The van der Waals surface area contributed by atoms with Crippen LogP contribution in [0.25, 0.3) is 12.2 Å². The van der Waals surface area contributed by atoms with Crippen LogP contribution in [-0.2, 0) is 9.59 Å². The monoisotopic (exact) mass is 546 g/mol. The lowest BCUT2D eigenvalue weighted by molar-refractivity contribution is -0.118. The Bertz CT molecular complexity index is 1260. The Balaban J connectivity index is 2.07. The van der Waals surface area contributed by atoms with Crippen molar-refractivity contribution >= 4 is 23.7 Å². The van der Waals surface area contributed by atoms with E-state index in [2.05, 4.69) is 0 Å². The van der Waals surface area contributed by atoms with Crippen molar-refractivity contribution in [2.75, 3.05) is 27.4 Å². The Morgan fingerprint density at radius 1 is 0.750 bits per heavy atom. The molecule has 0 saturated heterocycles. The first-order valence-corrected chi connectivity index (χ1v) is 12.7. The van der Waals surface area contributed by atoms with Crippen molar-refractivity contribution in [3.05, 3.63) is 58.7 Å². The zero-order valence-corrected chi connectivity index (χ0v) is 23.6. The van der Waals surface area contributed by atoms with E-state index >= 15 is 0 Å². The molecule has 2 aromatic rings. The van der Waals surface area contributed by atoms with Crippen LogP contribution >= 0.6 is 0 Å². The molecule has 0 atom stereocenters. The van der Waals surface area contributed by atoms with Gasteiger partial charge in [-0.2, -0.15) is 10.5 Å². The second-order valence-electron chi connectivity index (χ2n) is 9.47. The molecule has 9 heteroatoms. The van der Waals surface area contributed by atoms with Gasteiger partial charge in [-0.1, -0.05) is 39.8 Å². The van der Waals surface area contributed by atoms with Crippen molar-refractivity contribution in [2.24, 2.45) is 11.8 Å². The van der Waals surface area contributed by atoms with Crippen LogP contribution in [0.15, 0.2) is 47.5 Å². The molecule has 0 amide bonds. The second-order valence-corrected chi connectivity index (χ2v) is 9.47. The summed E-state index contributed by atoms with van der Waals surface area (Å²) in [7, 11) is 2.92. The minimum absolute atomic E-state index is 0.0485. The number of carbonyl (C=O) groups excluding carboxylic acids is 2. The molecule has 40 heavy (non-hydrogen) atoms. The van der Waals surface area contributed by atoms with Gasteiger partial charge in [0.15, 0.2) is 34.6 Å². The van der Waals surface area contributed by atoms with E-state index in [-0.39, 0.29) is 47.8 Å². The summed E-state index contributed by atoms with van der Waals surface area (Å²) in [4.78, 5) is 24.4. The number of ketones is 2. The standard InChI is InChI=1S/C31H34N2O7/c1-19(2)30(35)23(15-32)11-21-7-9-26(28(13-21)37-5)39-17-25(34)18-40-27-10-8-22(14-29(27)38-6)12-24(16-33)31(36)20(3)4/h7-14,19-20,25,34H,17-18H2,1-6H3. The maximum Gasteiger partial charge on any atom is 0.175 e. The van der Waals surface area contributed by atoms with Gasteiger partial charge in [0.1, 0.15) is 31.5 Å². The molecule has 0 radical (unpaired) electrons. The van der Waals surface area contributed by atoms with E-state index < -0.39 is 6.10 Å². The fourth-order valence-corrected chi connectivity index (χ4v) is 3.48. The average molecular weight is 547 g/mol. The molecule has 0 heterocycles. The maximum absolute atomic E-state index is 12.2. The van der Waals surface area contributed by atoms with Gasteiger partial charge in [0.05, 0.1) is 25.4 Å². The highest BCUT2D eigenvalue weighted by Gasteiger charge is 2.16. The summed E-state index contributed by atoms with van der Waals surface area (Å²) in [5.74, 6) is 0.372. The van der Waals surface area contributed by atoms with Crippen molar-refractivity contribution in [2.45, 2.75) is 33.8 Å². The fourth-order valence-electron chi connectivity index (χ4n) is 3.48. The number of aliphatic hydroxyl groups is 1. The van der Waals surface area contributed by atoms with E-state index in [4.69, 9.17) is 18.9 Å². The SMILES string of the molecule is COc1cc(C=C(C#N)C(=O)C(C)C)ccc1OCC(O)COc1ccc(C=C(C#N)C(=O)C(C)C)cc1OC. The largest absolute Gasteiger partial charge is 0.493 e. The summed E-state index contributed by atoms with van der Waals surface area (Å²) in [6.07, 6.45) is 1.99. The van der Waals surface area contributed by atoms with E-state index in [1.807, 2.05) is 12.1 Å². The molecule has 2 aromatic carbocycles. The quantitative estimate of drug-likeness (QED) is 0.262. The van der Waals surface area contributed by atoms with Gasteiger partial charge in [-0.15, -0.1) is 0 Å². The van der Waals surface area contributed by atoms with Gasteiger partial charge in [-0.25, -0.2) is 0 Å². The molecular formula is C31H34N2O7. The topological polar surface area (TPSA) is 139 Å². The van der Waals surface area contributed by atoms with Gasteiger partial charge in [0.25, 0.3) is 0 Å². The van der Waals surface area contributed by atoms with E-state index in [9.17, 15) is 25.2 Å². The van der Waals surface area contributed by atoms with Crippen LogP contribution in [-0.4, -0.2) is 50.2 Å². The first-order chi connectivity index (χ1) is 19.0. The van der Waals surface area contributed by atoms with Gasteiger partial charge in [0, 0.05) is 11.8 Å². The number of nitriles is 2. The van der Waals surface area contributed by atoms with Crippen LogP contribution in [0.1, 0.15) is 38.8 Å². The lowest BCUT2D eigenvalue weighted by atomic mass is 10.00. The lowest BCUT2D eigenvalue weighted by Gasteiger charge is -2.17. The Kier molecular flexibility index (Phi) is 11.9. The van der Waals surface area contributed by atoms with Gasteiger partial charge in [-0.3, -0.25) is 9.59 Å². The highest BCUT2D eigenvalue weighted by Crippen LogP contribution is 2.31. The molecule has 0 unspecified atom stereocenters. The number of benzene rings is 2. The normalized spacial score (nSPS) is 12.4. The third-order valence-corrected chi connectivity index (χ3v) is 5.68. The molecule has 0 aliphatic rings. The molecule has 9 nitrogen and oxygen atoms in total. The first kappa shape index (κ1) is 31.6. The fraction of sp³-hybridized carbons (Fsp3) is 0.355. The number of methoxy groups -OCH3 is 2. The van der Waals surface area contributed by atoms with Crippen molar-refractivity contribution in [3.8, 4) is 35.1 Å². The predicted molar refractivity (Wildman–Crippen MR) is 150 cm³/mol. The molecule has 0 aliphatic carbocycles. The number of carbonyl (C=O) groups is 2. The molecule has 1 N–H and O–H groups in total. The molecule has 0 aliphatic heterocycles. The number of rotatable bonds is 14. The predicted octanol–water partition coefficient (Wildman–Crippen LogP) is 4.79. The average Bonchev–Trinajstić information content (AvgIpc) is 2.95. The van der Waals surface area contributed by atoms with Crippen molar-refractivity contribution in [1.29, 1.82) is 10.5 Å². The molecular weight excluding hydrogens is 512 g/mol. The number of Topliss-reactive ketones (excluding diaryl/α,β-unsaturated/α-hetero) is 2. The third kappa shape index (κ3) is 8.72. The van der Waals surface area contributed by atoms with Gasteiger partial charge in [0.2, 0.25) is 0 Å². The van der Waals surface area contributed by atoms with Crippen LogP contribution in [0.3, 0.4) is 0 Å². The molecule has 0 bridgehead atoms. The molecule has 0 saturated carbocycles. The van der Waals surface area contributed by atoms with Crippen LogP contribution in [0.2, 0.25) is 0 Å². The second kappa shape index (κ2) is 15.1. The summed E-state index contributed by atoms with van der Waals surface area (Å²) in [5.41, 5.74) is 1.29. The number of nitrogens with zero attached hydrogens (tertiary/aromatic N) is 2. The van der Waals surface area contributed by atoms with Crippen LogP contribution in [0.4, 0.5) is 0 Å². The molecule has 2 rings (SSSR count). The number of aliphatic hydroxyl groups excluding tert-OH is 1. The van der Waals surface area contributed by atoms with Gasteiger partial charge < -0.3 is 24.1 Å². The van der Waals surface area contributed by atoms with Gasteiger partial charge in [-0.05, 0) is 47.5 Å². The van der Waals surface area contributed by atoms with Crippen LogP contribution < -0.4 is 18.9 Å². The van der Waals surface area contributed by atoms with E-state index in [1.54, 1.807) is 64.1 Å². The molecule has 210 valence electrons. The summed E-state index contributed by atoms with van der Waals surface area (Å²) in [6, 6.07) is 13.8. The minimum atomic E-state index is -1.00. The lowest BCUT2D eigenvalue weighted by Crippen LogP contribution is -2.25. The zero-order chi connectivity index (χ0) is 29.8. The zero-order valence-electron chi connectivity index (χ0n) is 23.6. The Morgan fingerprint density at radius 3 is 1.43 bits per heavy atom. The highest BCUT2D eigenvalue weighted by atomic mass is 16.5. The number of allylic oxidation sites excluding steroid dienone is 2. The number of hydrogen-bond donors (Lipinski definition) is 1. The highest BCUT2D eigenvalue weighted by molar-refractivity contribution is 6.04. The Morgan fingerprint density at radius 2 is 1.12 bits per heavy atom. The summed E-state index contributed by atoms with van der Waals surface area (Å²) in [6.45, 7) is 6.70. The number of ether oxygens (including phenoxy) is 4. The maximum atomic E-state index is 12.2. The molecule has 0 aromatic heterocycles. The van der Waals surface area contributed by atoms with Crippen molar-refractivity contribution in [1.82, 2.24) is 0 Å². The Labute approximate surface area is 234 Å². The van der Waals surface area contributed by atoms with E-state index in [0.29, 0.717) is 34.1 Å². The van der Waals surface area contributed by atoms with Crippen LogP contribution in [0, 0.1) is 34.5 Å². The minimum Gasteiger partial charge on any atom is -0.493 e. The summed E-state index contributed by atoms with van der Waals surface area (Å²) >= 11 is 0. The van der Waals surface area contributed by atoms with Crippen molar-refractivity contribution in [3.63, 3.8) is 0 Å². The molecule has 0 fully saturated rings. The summed E-state index contributed by atoms with van der Waals surface area (Å²) < 4.78 is 22.2. The summed E-state index contributed by atoms with van der Waals surface area (Å²) in [5, 5.41) is 29.1. The third-order valence-electron chi connectivity index (χ3n) is 5.68. The number of hydrogen-bond acceptors (Lipinski definition) is 9. The van der Waals surface area contributed by atoms with E-state index in [0.717, 1.165) is 0 Å². The van der Waals surface area contributed by atoms with Crippen molar-refractivity contribution < 1.29 is 33.6 Å².